The molecule has 3 aromatic rings. The largest absolute Gasteiger partial charge is 0.337 e. The molecular formula is C25H26N4O2S. The minimum absolute atomic E-state index is 0.0328. The third kappa shape index (κ3) is 3.94. The van der Waals surface area contributed by atoms with Crippen molar-refractivity contribution in [3.8, 4) is 0 Å². The molecule has 5 rings (SSSR count). The van der Waals surface area contributed by atoms with Crippen LogP contribution in [0, 0.1) is 6.92 Å². The molecule has 1 atom stereocenters. The molecule has 1 fully saturated rings. The summed E-state index contributed by atoms with van der Waals surface area (Å²) in [7, 11) is 1.83. The van der Waals surface area contributed by atoms with E-state index in [0.29, 0.717) is 18.9 Å². The summed E-state index contributed by atoms with van der Waals surface area (Å²) in [6, 6.07) is 10.3. The first kappa shape index (κ1) is 20.8. The molecule has 2 aliphatic heterocycles. The molecule has 1 saturated heterocycles. The molecule has 2 aromatic heterocycles. The van der Waals surface area contributed by atoms with Crippen LogP contribution in [0.1, 0.15) is 34.4 Å². The fraction of sp³-hybridized carbons (Fsp3) is 0.320. The van der Waals surface area contributed by atoms with Crippen LogP contribution in [-0.2, 0) is 22.7 Å². The zero-order valence-corrected chi connectivity index (χ0v) is 19.1. The lowest BCUT2D eigenvalue weighted by atomic mass is 10.1. The predicted molar refractivity (Wildman–Crippen MR) is 128 cm³/mol. The van der Waals surface area contributed by atoms with Gasteiger partial charge in [-0.2, -0.15) is 0 Å². The number of hydrogen-bond donors (Lipinski definition) is 1. The summed E-state index contributed by atoms with van der Waals surface area (Å²) in [5.41, 5.74) is 3.09. The Morgan fingerprint density at radius 2 is 2.22 bits per heavy atom. The van der Waals surface area contributed by atoms with E-state index in [9.17, 15) is 9.59 Å². The van der Waals surface area contributed by atoms with Crippen LogP contribution in [0.15, 0.2) is 42.6 Å². The molecule has 4 heterocycles. The second-order valence-corrected chi connectivity index (χ2v) is 9.70. The molecule has 0 spiro atoms. The fourth-order valence-corrected chi connectivity index (χ4v) is 5.81. The molecule has 2 amide bonds. The number of likely N-dealkylation sites (N-methyl/N-ethyl adjacent to an activating group) is 1. The van der Waals surface area contributed by atoms with Gasteiger partial charge in [0.1, 0.15) is 5.82 Å². The monoisotopic (exact) mass is 446 g/mol. The minimum Gasteiger partial charge on any atom is -0.337 e. The number of aromatic nitrogens is 1. The number of thiophene rings is 1. The number of aryl methyl sites for hydroxylation is 1. The summed E-state index contributed by atoms with van der Waals surface area (Å²) in [5.74, 6) is 0.611. The molecule has 32 heavy (non-hydrogen) atoms. The van der Waals surface area contributed by atoms with Crippen molar-refractivity contribution in [2.45, 2.75) is 38.9 Å². The Labute approximate surface area is 191 Å². The third-order valence-corrected chi connectivity index (χ3v) is 7.64. The van der Waals surface area contributed by atoms with E-state index >= 15 is 0 Å². The number of hydrogen-bond acceptors (Lipinski definition) is 5. The van der Waals surface area contributed by atoms with Gasteiger partial charge in [0.2, 0.25) is 11.8 Å². The van der Waals surface area contributed by atoms with Crippen molar-refractivity contribution in [2.24, 2.45) is 0 Å². The van der Waals surface area contributed by atoms with E-state index in [4.69, 9.17) is 0 Å². The highest BCUT2D eigenvalue weighted by molar-refractivity contribution is 7.19. The molecule has 1 N–H and O–H groups in total. The van der Waals surface area contributed by atoms with Crippen molar-refractivity contribution in [1.82, 2.24) is 14.8 Å². The fourth-order valence-electron chi connectivity index (χ4n) is 4.55. The zero-order valence-electron chi connectivity index (χ0n) is 18.3. The standard InChI is InChI=1S/C25H26N4O2S/c1-16-19-6-3-4-8-21(19)32-22(16)15-28(2)23(30)10-9-17-12-18-14-29-11-5-7-20(29)25(31)27-24(18)26-13-17/h3-4,6,8-10,12-13,20H,5,7,11,14-15H2,1-2H3,(H,26,27,31)/b10-9+/t20-/m1/s1. The lowest BCUT2D eigenvalue weighted by molar-refractivity contribution is -0.125. The Hall–Kier alpha value is -3.03. The van der Waals surface area contributed by atoms with Crippen LogP contribution in [0.3, 0.4) is 0 Å². The third-order valence-electron chi connectivity index (χ3n) is 6.39. The Bertz CT molecular complexity index is 1230. The molecule has 0 aliphatic carbocycles. The molecule has 0 unspecified atom stereocenters. The van der Waals surface area contributed by atoms with Gasteiger partial charge in [0.25, 0.3) is 0 Å². The van der Waals surface area contributed by atoms with Gasteiger partial charge < -0.3 is 10.2 Å². The van der Waals surface area contributed by atoms with Gasteiger partial charge in [0.15, 0.2) is 0 Å². The molecular weight excluding hydrogens is 420 g/mol. The average Bonchev–Trinajstić information content (AvgIpc) is 3.35. The van der Waals surface area contributed by atoms with E-state index in [-0.39, 0.29) is 17.9 Å². The number of rotatable bonds is 4. The Balaban J connectivity index is 1.29. The van der Waals surface area contributed by atoms with Crippen molar-refractivity contribution < 1.29 is 9.59 Å². The second-order valence-electron chi connectivity index (χ2n) is 8.57. The summed E-state index contributed by atoms with van der Waals surface area (Å²) in [4.78, 5) is 34.8. The number of benzene rings is 1. The number of carbonyl (C=O) groups excluding carboxylic acids is 2. The highest BCUT2D eigenvalue weighted by atomic mass is 32.1. The number of fused-ring (bicyclic) bond motifs is 3. The van der Waals surface area contributed by atoms with Gasteiger partial charge >= 0.3 is 0 Å². The van der Waals surface area contributed by atoms with Crippen molar-refractivity contribution in [2.75, 3.05) is 18.9 Å². The molecule has 0 bridgehead atoms. The van der Waals surface area contributed by atoms with E-state index in [1.54, 1.807) is 34.6 Å². The highest BCUT2D eigenvalue weighted by Gasteiger charge is 2.34. The van der Waals surface area contributed by atoms with Crippen molar-refractivity contribution >= 4 is 45.1 Å². The summed E-state index contributed by atoms with van der Waals surface area (Å²) in [5, 5.41) is 4.21. The highest BCUT2D eigenvalue weighted by Crippen LogP contribution is 2.31. The summed E-state index contributed by atoms with van der Waals surface area (Å²) in [6.07, 6.45) is 7.04. The van der Waals surface area contributed by atoms with Gasteiger partial charge in [0, 0.05) is 41.0 Å². The van der Waals surface area contributed by atoms with Gasteiger partial charge in [0.05, 0.1) is 12.6 Å². The Morgan fingerprint density at radius 1 is 1.38 bits per heavy atom. The SMILES string of the molecule is Cc1c(CN(C)C(=O)/C=C/c2cnc3c(c2)CN2CCC[C@@H]2C(=O)N3)sc2ccccc12. The van der Waals surface area contributed by atoms with Crippen molar-refractivity contribution in [1.29, 1.82) is 0 Å². The maximum absolute atomic E-state index is 12.7. The van der Waals surface area contributed by atoms with Gasteiger partial charge in [-0.3, -0.25) is 14.5 Å². The Kier molecular flexibility index (Phi) is 5.53. The van der Waals surface area contributed by atoms with Gasteiger partial charge in [-0.05, 0) is 61.0 Å². The van der Waals surface area contributed by atoms with Crippen LogP contribution in [0.2, 0.25) is 0 Å². The van der Waals surface area contributed by atoms with Crippen molar-refractivity contribution in [3.05, 3.63) is 64.2 Å². The first-order valence-corrected chi connectivity index (χ1v) is 11.8. The molecule has 164 valence electrons. The number of nitrogens with zero attached hydrogens (tertiary/aromatic N) is 3. The number of anilines is 1. The van der Waals surface area contributed by atoms with E-state index in [1.165, 1.54) is 20.5 Å². The van der Waals surface area contributed by atoms with E-state index in [2.05, 4.69) is 34.3 Å². The Morgan fingerprint density at radius 3 is 3.06 bits per heavy atom. The number of amides is 2. The molecule has 2 aliphatic rings. The average molecular weight is 447 g/mol. The lowest BCUT2D eigenvalue weighted by Gasteiger charge is -2.19. The normalized spacial score (nSPS) is 18.4. The maximum Gasteiger partial charge on any atom is 0.246 e. The number of carbonyl (C=O) groups is 2. The first-order valence-electron chi connectivity index (χ1n) is 10.9. The summed E-state index contributed by atoms with van der Waals surface area (Å²) < 4.78 is 1.25. The van der Waals surface area contributed by atoms with E-state index < -0.39 is 0 Å². The van der Waals surface area contributed by atoms with E-state index in [1.807, 2.05) is 25.2 Å². The first-order chi connectivity index (χ1) is 15.5. The molecule has 0 saturated carbocycles. The second kappa shape index (κ2) is 8.48. The van der Waals surface area contributed by atoms with Crippen LogP contribution in [0.5, 0.6) is 0 Å². The molecule has 1 aromatic carbocycles. The van der Waals surface area contributed by atoms with Crippen molar-refractivity contribution in [3.63, 3.8) is 0 Å². The predicted octanol–water partition coefficient (Wildman–Crippen LogP) is 4.19. The smallest absolute Gasteiger partial charge is 0.246 e. The topological polar surface area (TPSA) is 65.5 Å². The summed E-state index contributed by atoms with van der Waals surface area (Å²) >= 11 is 1.74. The van der Waals surface area contributed by atoms with Crippen LogP contribution in [-0.4, -0.2) is 46.2 Å². The van der Waals surface area contributed by atoms with Crippen LogP contribution in [0.4, 0.5) is 5.82 Å². The van der Waals surface area contributed by atoms with Crippen LogP contribution < -0.4 is 5.32 Å². The number of pyridine rings is 1. The van der Waals surface area contributed by atoms with E-state index in [0.717, 1.165) is 30.5 Å². The minimum atomic E-state index is -0.0595. The number of nitrogens with one attached hydrogen (secondary N) is 1. The molecule has 0 radical (unpaired) electrons. The molecule has 6 nitrogen and oxygen atoms in total. The van der Waals surface area contributed by atoms with Crippen LogP contribution >= 0.6 is 11.3 Å². The van der Waals surface area contributed by atoms with Gasteiger partial charge in [-0.1, -0.05) is 18.2 Å². The van der Waals surface area contributed by atoms with Gasteiger partial charge in [-0.25, -0.2) is 4.98 Å². The summed E-state index contributed by atoms with van der Waals surface area (Å²) in [6.45, 7) is 4.33. The zero-order chi connectivity index (χ0) is 22.2. The maximum atomic E-state index is 12.7. The quantitative estimate of drug-likeness (QED) is 0.610. The van der Waals surface area contributed by atoms with Gasteiger partial charge in [-0.15, -0.1) is 11.3 Å². The molecule has 7 heteroatoms. The lowest BCUT2D eigenvalue weighted by Crippen LogP contribution is -2.36. The van der Waals surface area contributed by atoms with Crippen LogP contribution in [0.25, 0.3) is 16.2 Å².